The van der Waals surface area contributed by atoms with Crippen LogP contribution in [0.25, 0.3) is 0 Å². The Bertz CT molecular complexity index is 546. The van der Waals surface area contributed by atoms with Gasteiger partial charge < -0.3 is 19.3 Å². The summed E-state index contributed by atoms with van der Waals surface area (Å²) >= 11 is 0. The zero-order valence-electron chi connectivity index (χ0n) is 19.0. The van der Waals surface area contributed by atoms with Crippen molar-refractivity contribution < 1.29 is 19.3 Å². The molecule has 1 N–H and O–H groups in total. The first kappa shape index (κ1) is 24.2. The molecule has 29 heavy (non-hydrogen) atoms. The number of hydrogen-bond acceptors (Lipinski definition) is 4. The Morgan fingerprint density at radius 3 is 2.69 bits per heavy atom. The Hall–Kier alpha value is -1.10. The van der Waals surface area contributed by atoms with Crippen molar-refractivity contribution in [1.29, 1.82) is 0 Å². The molecule has 0 radical (unpaired) electrons. The Kier molecular flexibility index (Phi) is 11.0. The van der Waals surface area contributed by atoms with Crippen LogP contribution in [0, 0.1) is 11.8 Å². The first-order valence-corrected chi connectivity index (χ1v) is 11.8. The fraction of sp³-hybridized carbons (Fsp3) is 0.760. The number of aliphatic hydroxyl groups is 1. The second kappa shape index (κ2) is 13.3. The zero-order valence-corrected chi connectivity index (χ0v) is 19.0. The van der Waals surface area contributed by atoms with E-state index in [9.17, 15) is 5.11 Å². The van der Waals surface area contributed by atoms with E-state index in [-0.39, 0.29) is 12.4 Å². The summed E-state index contributed by atoms with van der Waals surface area (Å²) in [6, 6.07) is 6.33. The molecule has 2 unspecified atom stereocenters. The molecule has 0 bridgehead atoms. The number of ether oxygens (including phenoxy) is 3. The first-order chi connectivity index (χ1) is 14.2. The maximum atomic E-state index is 10.5. The van der Waals surface area contributed by atoms with Gasteiger partial charge in [-0.05, 0) is 86.8 Å². The minimum atomic E-state index is -0.180. The van der Waals surface area contributed by atoms with Crippen molar-refractivity contribution >= 4 is 0 Å². The lowest BCUT2D eigenvalue weighted by Gasteiger charge is -2.23. The normalized spacial score (nSPS) is 26.7. The topological polar surface area (TPSA) is 47.9 Å². The van der Waals surface area contributed by atoms with E-state index < -0.39 is 0 Å². The molecule has 4 nitrogen and oxygen atoms in total. The first-order valence-electron chi connectivity index (χ1n) is 11.8. The molecule has 3 rings (SSSR count). The molecule has 1 aromatic rings. The Morgan fingerprint density at radius 1 is 1.17 bits per heavy atom. The van der Waals surface area contributed by atoms with Gasteiger partial charge in [0, 0.05) is 13.2 Å². The van der Waals surface area contributed by atoms with Gasteiger partial charge in [-0.3, -0.25) is 0 Å². The highest BCUT2D eigenvalue weighted by Gasteiger charge is 2.33. The average Bonchev–Trinajstić information content (AvgIpc) is 3.12. The van der Waals surface area contributed by atoms with E-state index in [0.717, 1.165) is 70.3 Å². The molecule has 1 aliphatic carbocycles. The molecule has 4 atom stereocenters. The van der Waals surface area contributed by atoms with Gasteiger partial charge >= 0.3 is 0 Å². The van der Waals surface area contributed by atoms with Crippen LogP contribution in [-0.2, 0) is 22.3 Å². The lowest BCUT2D eigenvalue weighted by molar-refractivity contribution is -0.163. The summed E-state index contributed by atoms with van der Waals surface area (Å²) < 4.78 is 17.1. The van der Waals surface area contributed by atoms with Gasteiger partial charge in [0.15, 0.2) is 6.29 Å². The van der Waals surface area contributed by atoms with Crippen molar-refractivity contribution in [2.75, 3.05) is 20.3 Å². The summed E-state index contributed by atoms with van der Waals surface area (Å²) in [5, 5.41) is 10.5. The third-order valence-corrected chi connectivity index (χ3v) is 6.24. The van der Waals surface area contributed by atoms with Gasteiger partial charge in [-0.25, -0.2) is 0 Å². The van der Waals surface area contributed by atoms with E-state index >= 15 is 0 Å². The van der Waals surface area contributed by atoms with Gasteiger partial charge in [-0.1, -0.05) is 32.9 Å². The van der Waals surface area contributed by atoms with Crippen LogP contribution in [0.4, 0.5) is 0 Å². The van der Waals surface area contributed by atoms with Gasteiger partial charge in [0.2, 0.25) is 0 Å². The summed E-state index contributed by atoms with van der Waals surface area (Å²) in [4.78, 5) is 0. The second-order valence-corrected chi connectivity index (χ2v) is 8.13. The fourth-order valence-electron chi connectivity index (χ4n) is 4.75. The average molecular weight is 407 g/mol. The van der Waals surface area contributed by atoms with Crippen LogP contribution in [0.2, 0.25) is 0 Å². The summed E-state index contributed by atoms with van der Waals surface area (Å²) in [6.45, 7) is 7.77. The van der Waals surface area contributed by atoms with Crippen LogP contribution in [0.5, 0.6) is 5.75 Å². The van der Waals surface area contributed by atoms with E-state index in [0.29, 0.717) is 11.8 Å². The third kappa shape index (κ3) is 7.27. The molecule has 1 aromatic carbocycles. The van der Waals surface area contributed by atoms with Crippen LogP contribution in [0.15, 0.2) is 18.2 Å². The molecule has 0 amide bonds. The Labute approximate surface area is 177 Å². The number of methoxy groups -OCH3 is 1. The van der Waals surface area contributed by atoms with Gasteiger partial charge in [-0.2, -0.15) is 0 Å². The van der Waals surface area contributed by atoms with Gasteiger partial charge in [0.25, 0.3) is 0 Å². The van der Waals surface area contributed by atoms with Crippen LogP contribution in [0.3, 0.4) is 0 Å². The number of aliphatic hydroxyl groups excluding tert-OH is 1. The smallest absolute Gasteiger partial charge is 0.157 e. The van der Waals surface area contributed by atoms with Crippen molar-refractivity contribution in [2.45, 2.75) is 91.0 Å². The third-order valence-electron chi connectivity index (χ3n) is 6.24. The van der Waals surface area contributed by atoms with Crippen LogP contribution in [-0.4, -0.2) is 37.8 Å². The number of hydrogen-bond donors (Lipinski definition) is 1. The molecule has 1 aliphatic heterocycles. The van der Waals surface area contributed by atoms with Crippen LogP contribution >= 0.6 is 0 Å². The molecular weight excluding hydrogens is 364 g/mol. The maximum absolute atomic E-state index is 10.5. The number of benzene rings is 1. The fourth-order valence-corrected chi connectivity index (χ4v) is 4.75. The lowest BCUT2D eigenvalue weighted by Crippen LogP contribution is -2.23. The van der Waals surface area contributed by atoms with E-state index in [1.54, 1.807) is 7.11 Å². The second-order valence-electron chi connectivity index (χ2n) is 8.13. The SMILES string of the molecule is CC.CCc1cccc(OC)c1C[C@@H]1CC(CCCOC2CCCCO2)[C@H](O)C1. The molecule has 166 valence electrons. The lowest BCUT2D eigenvalue weighted by atomic mass is 9.91. The van der Waals surface area contributed by atoms with E-state index in [1.807, 2.05) is 13.8 Å². The standard InChI is InChI=1S/C23H36O4.C2H6/c1-3-18-8-6-10-22(25-2)20(18)15-17-14-19(21(24)16-17)9-7-13-27-23-11-4-5-12-26-23;1-2/h6,8,10,17,19,21,23-24H,3-5,7,9,11-16H2,1-2H3;1-2H3/t17-,19?,21+,23?;/m0./s1. The Morgan fingerprint density at radius 2 is 2.00 bits per heavy atom. The highest BCUT2D eigenvalue weighted by atomic mass is 16.7. The van der Waals surface area contributed by atoms with E-state index in [2.05, 4.69) is 25.1 Å². The summed E-state index contributed by atoms with van der Waals surface area (Å²) in [5.74, 6) is 1.92. The van der Waals surface area contributed by atoms with Crippen molar-refractivity contribution in [2.24, 2.45) is 11.8 Å². The van der Waals surface area contributed by atoms with E-state index in [1.165, 1.54) is 17.5 Å². The van der Waals surface area contributed by atoms with Gasteiger partial charge in [-0.15, -0.1) is 0 Å². The largest absolute Gasteiger partial charge is 0.496 e. The van der Waals surface area contributed by atoms with Crippen molar-refractivity contribution in [3.63, 3.8) is 0 Å². The minimum absolute atomic E-state index is 0.00184. The van der Waals surface area contributed by atoms with Gasteiger partial charge in [0.1, 0.15) is 5.75 Å². The maximum Gasteiger partial charge on any atom is 0.157 e. The number of aryl methyl sites for hydroxylation is 1. The molecule has 1 heterocycles. The van der Waals surface area contributed by atoms with E-state index in [4.69, 9.17) is 14.2 Å². The summed E-state index contributed by atoms with van der Waals surface area (Å²) in [6.07, 6.45) is 9.27. The highest BCUT2D eigenvalue weighted by molar-refractivity contribution is 5.40. The van der Waals surface area contributed by atoms with Crippen molar-refractivity contribution in [3.8, 4) is 5.75 Å². The molecule has 1 saturated carbocycles. The predicted octanol–water partition coefficient (Wildman–Crippen LogP) is 5.54. The molecule has 0 aromatic heterocycles. The molecule has 0 spiro atoms. The van der Waals surface area contributed by atoms with Crippen molar-refractivity contribution in [3.05, 3.63) is 29.3 Å². The molecule has 1 saturated heterocycles. The quantitative estimate of drug-likeness (QED) is 0.547. The Balaban J connectivity index is 0.00000145. The van der Waals surface area contributed by atoms with Crippen molar-refractivity contribution in [1.82, 2.24) is 0 Å². The zero-order chi connectivity index (χ0) is 21.1. The van der Waals surface area contributed by atoms with Crippen LogP contribution < -0.4 is 4.74 Å². The predicted molar refractivity (Wildman–Crippen MR) is 118 cm³/mol. The monoisotopic (exact) mass is 406 g/mol. The highest BCUT2D eigenvalue weighted by Crippen LogP contribution is 2.38. The molecule has 2 aliphatic rings. The van der Waals surface area contributed by atoms with Crippen LogP contribution in [0.1, 0.15) is 76.8 Å². The molecule has 2 fully saturated rings. The number of rotatable bonds is 9. The molecular formula is C25H42O4. The molecule has 4 heteroatoms. The summed E-state index contributed by atoms with van der Waals surface area (Å²) in [5.41, 5.74) is 2.70. The van der Waals surface area contributed by atoms with Gasteiger partial charge in [0.05, 0.1) is 13.2 Å². The summed E-state index contributed by atoms with van der Waals surface area (Å²) in [7, 11) is 1.75. The minimum Gasteiger partial charge on any atom is -0.496 e.